The minimum atomic E-state index is 0.0661. The van der Waals surface area contributed by atoms with E-state index in [1.54, 1.807) is 0 Å². The zero-order valence-electron chi connectivity index (χ0n) is 9.12. The Morgan fingerprint density at radius 2 is 2.00 bits per heavy atom. The van der Waals surface area contributed by atoms with E-state index in [0.717, 1.165) is 18.8 Å². The fourth-order valence-corrected chi connectivity index (χ4v) is 1.13. The maximum Gasteiger partial charge on any atom is 0.226 e. The van der Waals surface area contributed by atoms with E-state index in [1.807, 2.05) is 14.0 Å². The van der Waals surface area contributed by atoms with E-state index < -0.39 is 0 Å². The number of nitrogens with one attached hydrogen (secondary N) is 2. The molecule has 1 rings (SSSR count). The lowest BCUT2D eigenvalue weighted by molar-refractivity contribution is 0.310. The van der Waals surface area contributed by atoms with Crippen molar-refractivity contribution in [1.29, 1.82) is 0 Å². The lowest BCUT2D eigenvalue weighted by atomic mass is 10.4. The summed E-state index contributed by atoms with van der Waals surface area (Å²) in [5.74, 6) is 1.98. The summed E-state index contributed by atoms with van der Waals surface area (Å²) in [5.41, 5.74) is 0. The number of hydrogen-bond donors (Lipinski definition) is 3. The van der Waals surface area contributed by atoms with Crippen LogP contribution in [-0.4, -0.2) is 46.8 Å². The highest BCUT2D eigenvalue weighted by Gasteiger charge is 2.02. The molecule has 15 heavy (non-hydrogen) atoms. The van der Waals surface area contributed by atoms with Gasteiger partial charge >= 0.3 is 0 Å². The summed E-state index contributed by atoms with van der Waals surface area (Å²) >= 11 is 0. The summed E-state index contributed by atoms with van der Waals surface area (Å²) in [4.78, 5) is 12.6. The molecule has 0 fully saturated rings. The van der Waals surface area contributed by atoms with Crippen LogP contribution in [0.5, 0.6) is 0 Å². The van der Waals surface area contributed by atoms with Gasteiger partial charge in [0.1, 0.15) is 11.6 Å². The Balaban J connectivity index is 2.66. The van der Waals surface area contributed by atoms with Crippen LogP contribution >= 0.6 is 0 Å². The van der Waals surface area contributed by atoms with Gasteiger partial charge in [0.2, 0.25) is 5.95 Å². The monoisotopic (exact) mass is 211 g/mol. The van der Waals surface area contributed by atoms with Gasteiger partial charge in [-0.05, 0) is 14.0 Å². The van der Waals surface area contributed by atoms with Crippen molar-refractivity contribution in [2.45, 2.75) is 13.3 Å². The molecule has 84 valence electrons. The van der Waals surface area contributed by atoms with Crippen LogP contribution in [0.25, 0.3) is 0 Å². The summed E-state index contributed by atoms with van der Waals surface area (Å²) in [6.45, 7) is 3.18. The summed E-state index contributed by atoms with van der Waals surface area (Å²) in [6.07, 6.45) is 0.771. The van der Waals surface area contributed by atoms with E-state index >= 15 is 0 Å². The third-order valence-electron chi connectivity index (χ3n) is 1.79. The Bertz CT molecular complexity index is 278. The normalized spacial score (nSPS) is 10.3. The van der Waals surface area contributed by atoms with Crippen LogP contribution in [0.4, 0.5) is 5.95 Å². The molecule has 0 radical (unpaired) electrons. The van der Waals surface area contributed by atoms with Crippen LogP contribution in [0.1, 0.15) is 11.6 Å². The van der Waals surface area contributed by atoms with E-state index in [2.05, 4.69) is 25.6 Å². The van der Waals surface area contributed by atoms with Crippen molar-refractivity contribution in [2.24, 2.45) is 0 Å². The summed E-state index contributed by atoms with van der Waals surface area (Å²) in [6, 6.07) is 0. The zero-order valence-corrected chi connectivity index (χ0v) is 9.12. The Morgan fingerprint density at radius 1 is 1.20 bits per heavy atom. The van der Waals surface area contributed by atoms with Crippen molar-refractivity contribution in [3.63, 3.8) is 0 Å². The van der Waals surface area contributed by atoms with Gasteiger partial charge in [0.05, 0.1) is 6.61 Å². The van der Waals surface area contributed by atoms with Crippen LogP contribution in [-0.2, 0) is 6.42 Å². The number of anilines is 1. The smallest absolute Gasteiger partial charge is 0.226 e. The molecular weight excluding hydrogens is 194 g/mol. The molecule has 1 aromatic rings. The molecule has 6 heteroatoms. The van der Waals surface area contributed by atoms with Crippen LogP contribution in [0.3, 0.4) is 0 Å². The van der Waals surface area contributed by atoms with E-state index in [0.29, 0.717) is 18.3 Å². The first-order chi connectivity index (χ1) is 7.26. The van der Waals surface area contributed by atoms with E-state index in [9.17, 15) is 0 Å². The van der Waals surface area contributed by atoms with Gasteiger partial charge in [-0.1, -0.05) is 0 Å². The number of hydrogen-bond acceptors (Lipinski definition) is 6. The third kappa shape index (κ3) is 4.18. The molecule has 0 saturated heterocycles. The molecule has 0 aliphatic carbocycles. The summed E-state index contributed by atoms with van der Waals surface area (Å²) in [5, 5.41) is 14.6. The molecule has 3 N–H and O–H groups in total. The molecule has 0 saturated carbocycles. The van der Waals surface area contributed by atoms with Crippen molar-refractivity contribution >= 4 is 5.95 Å². The number of aliphatic hydroxyl groups excluding tert-OH is 1. The van der Waals surface area contributed by atoms with Gasteiger partial charge in [0, 0.05) is 19.5 Å². The van der Waals surface area contributed by atoms with Crippen LogP contribution in [0.15, 0.2) is 0 Å². The molecule has 0 atom stereocenters. The van der Waals surface area contributed by atoms with E-state index in [1.165, 1.54) is 0 Å². The predicted molar refractivity (Wildman–Crippen MR) is 57.8 cm³/mol. The molecule has 1 heterocycles. The topological polar surface area (TPSA) is 83.0 Å². The lowest BCUT2D eigenvalue weighted by Crippen LogP contribution is -2.15. The van der Waals surface area contributed by atoms with Crippen molar-refractivity contribution in [2.75, 3.05) is 32.1 Å². The molecule has 1 aromatic heterocycles. The quantitative estimate of drug-likeness (QED) is 0.580. The summed E-state index contributed by atoms with van der Waals surface area (Å²) in [7, 11) is 1.89. The SMILES string of the molecule is CNCCc1nc(C)nc(NCCO)n1. The Hall–Kier alpha value is -1.27. The van der Waals surface area contributed by atoms with Gasteiger partial charge in [-0.15, -0.1) is 0 Å². The first-order valence-corrected chi connectivity index (χ1v) is 4.97. The predicted octanol–water partition coefficient (Wildman–Crippen LogP) is -0.654. The highest BCUT2D eigenvalue weighted by atomic mass is 16.3. The third-order valence-corrected chi connectivity index (χ3v) is 1.79. The fourth-order valence-electron chi connectivity index (χ4n) is 1.13. The maximum absolute atomic E-state index is 8.66. The van der Waals surface area contributed by atoms with Crippen LogP contribution in [0, 0.1) is 6.92 Å². The minimum absolute atomic E-state index is 0.0661. The number of aliphatic hydroxyl groups is 1. The zero-order chi connectivity index (χ0) is 11.1. The van der Waals surface area contributed by atoms with Gasteiger partial charge in [0.15, 0.2) is 0 Å². The Labute approximate surface area is 89.2 Å². The second-order valence-electron chi connectivity index (χ2n) is 3.13. The number of likely N-dealkylation sites (N-methyl/N-ethyl adjacent to an activating group) is 1. The molecule has 0 amide bonds. The minimum Gasteiger partial charge on any atom is -0.395 e. The summed E-state index contributed by atoms with van der Waals surface area (Å²) < 4.78 is 0. The average Bonchev–Trinajstić information content (AvgIpc) is 2.23. The first-order valence-electron chi connectivity index (χ1n) is 4.97. The van der Waals surface area contributed by atoms with Gasteiger partial charge in [0.25, 0.3) is 0 Å². The van der Waals surface area contributed by atoms with Gasteiger partial charge in [-0.3, -0.25) is 0 Å². The molecule has 0 unspecified atom stereocenters. The van der Waals surface area contributed by atoms with Gasteiger partial charge in [-0.2, -0.15) is 9.97 Å². The molecular formula is C9H17N5O. The lowest BCUT2D eigenvalue weighted by Gasteiger charge is -2.05. The first kappa shape index (κ1) is 11.8. The largest absolute Gasteiger partial charge is 0.395 e. The fraction of sp³-hybridized carbons (Fsp3) is 0.667. The Morgan fingerprint density at radius 3 is 2.67 bits per heavy atom. The highest BCUT2D eigenvalue weighted by molar-refractivity contribution is 5.24. The van der Waals surface area contributed by atoms with E-state index in [-0.39, 0.29) is 6.61 Å². The molecule has 6 nitrogen and oxygen atoms in total. The van der Waals surface area contributed by atoms with Gasteiger partial charge in [-0.25, -0.2) is 4.98 Å². The number of rotatable bonds is 6. The number of nitrogens with zero attached hydrogens (tertiary/aromatic N) is 3. The highest BCUT2D eigenvalue weighted by Crippen LogP contribution is 2.00. The van der Waals surface area contributed by atoms with E-state index in [4.69, 9.17) is 5.11 Å². The van der Waals surface area contributed by atoms with Crippen molar-refractivity contribution < 1.29 is 5.11 Å². The maximum atomic E-state index is 8.66. The Kier molecular flexibility index (Phi) is 4.92. The molecule has 0 aliphatic rings. The van der Waals surface area contributed by atoms with Gasteiger partial charge < -0.3 is 15.7 Å². The molecule has 0 bridgehead atoms. The number of aromatic nitrogens is 3. The second kappa shape index (κ2) is 6.26. The molecule has 0 aliphatic heterocycles. The second-order valence-corrected chi connectivity index (χ2v) is 3.13. The van der Waals surface area contributed by atoms with Crippen molar-refractivity contribution in [3.8, 4) is 0 Å². The van der Waals surface area contributed by atoms with Crippen molar-refractivity contribution in [3.05, 3.63) is 11.6 Å². The van der Waals surface area contributed by atoms with Crippen LogP contribution < -0.4 is 10.6 Å². The number of aryl methyl sites for hydroxylation is 1. The standard InChI is InChI=1S/C9H17N5O/c1-7-12-8(3-4-10-2)14-9(13-7)11-5-6-15/h10,15H,3-6H2,1-2H3,(H,11,12,13,14). The molecule has 0 aromatic carbocycles. The van der Waals surface area contributed by atoms with Crippen LogP contribution in [0.2, 0.25) is 0 Å². The average molecular weight is 211 g/mol. The van der Waals surface area contributed by atoms with Crippen molar-refractivity contribution in [1.82, 2.24) is 20.3 Å². The molecule has 0 spiro atoms.